The van der Waals surface area contributed by atoms with Crippen molar-refractivity contribution in [1.82, 2.24) is 14.6 Å². The third kappa shape index (κ3) is 1.87. The average molecular weight is 235 g/mol. The van der Waals surface area contributed by atoms with E-state index in [1.807, 2.05) is 36.5 Å². The summed E-state index contributed by atoms with van der Waals surface area (Å²) in [6.45, 7) is 0. The number of pyridine rings is 1. The zero-order chi connectivity index (χ0) is 12.4. The molecule has 1 N–H and O–H groups in total. The van der Waals surface area contributed by atoms with E-state index in [0.717, 1.165) is 11.3 Å². The van der Waals surface area contributed by atoms with Crippen LogP contribution < -0.4 is 5.32 Å². The van der Waals surface area contributed by atoms with Crippen LogP contribution in [0.4, 0.5) is 11.6 Å². The summed E-state index contributed by atoms with van der Waals surface area (Å²) < 4.78 is 1.69. The van der Waals surface area contributed by atoms with E-state index in [1.165, 1.54) is 0 Å². The first-order valence-corrected chi connectivity index (χ1v) is 5.44. The lowest BCUT2D eigenvalue weighted by Crippen LogP contribution is -1.93. The molecule has 5 heteroatoms. The summed E-state index contributed by atoms with van der Waals surface area (Å²) in [5, 5.41) is 16.2. The van der Waals surface area contributed by atoms with Crippen molar-refractivity contribution in [1.29, 1.82) is 5.26 Å². The number of rotatable bonds is 2. The number of nitrogens with one attached hydrogen (secondary N) is 1. The number of anilines is 2. The maximum Gasteiger partial charge on any atom is 0.247 e. The zero-order valence-corrected chi connectivity index (χ0v) is 9.41. The molecule has 0 spiro atoms. The molecule has 0 fully saturated rings. The molecule has 0 amide bonds. The van der Waals surface area contributed by atoms with Gasteiger partial charge in [0.15, 0.2) is 5.65 Å². The van der Waals surface area contributed by atoms with Gasteiger partial charge >= 0.3 is 0 Å². The van der Waals surface area contributed by atoms with Gasteiger partial charge in [-0.2, -0.15) is 10.2 Å². The molecule has 1 aromatic carbocycles. The Bertz CT molecular complexity index is 705. The van der Waals surface area contributed by atoms with Gasteiger partial charge in [-0.3, -0.25) is 0 Å². The van der Waals surface area contributed by atoms with Crippen molar-refractivity contribution in [3.63, 3.8) is 0 Å². The second-order valence-corrected chi connectivity index (χ2v) is 3.76. The lowest BCUT2D eigenvalue weighted by atomic mass is 10.2. The molecule has 3 aromatic rings. The first-order valence-electron chi connectivity index (χ1n) is 5.44. The highest BCUT2D eigenvalue weighted by Crippen LogP contribution is 2.15. The van der Waals surface area contributed by atoms with Crippen molar-refractivity contribution in [2.75, 3.05) is 5.32 Å². The molecule has 0 saturated heterocycles. The minimum atomic E-state index is 0.510. The van der Waals surface area contributed by atoms with Crippen molar-refractivity contribution in [2.24, 2.45) is 0 Å². The predicted molar refractivity (Wildman–Crippen MR) is 67.4 cm³/mol. The van der Waals surface area contributed by atoms with E-state index in [4.69, 9.17) is 5.26 Å². The molecule has 0 unspecified atom stereocenters. The van der Waals surface area contributed by atoms with Crippen molar-refractivity contribution in [3.05, 3.63) is 54.2 Å². The van der Waals surface area contributed by atoms with Crippen molar-refractivity contribution in [3.8, 4) is 6.07 Å². The fourth-order valence-electron chi connectivity index (χ4n) is 1.68. The molecule has 0 bridgehead atoms. The molecule has 2 heterocycles. The Kier molecular flexibility index (Phi) is 2.39. The Hall–Kier alpha value is -2.87. The minimum absolute atomic E-state index is 0.510. The maximum absolute atomic E-state index is 8.83. The number of fused-ring (bicyclic) bond motifs is 1. The molecule has 0 aliphatic rings. The fourth-order valence-corrected chi connectivity index (χ4v) is 1.68. The van der Waals surface area contributed by atoms with Crippen LogP contribution in [0.5, 0.6) is 0 Å². The summed E-state index contributed by atoms with van der Waals surface area (Å²) in [5.41, 5.74) is 2.17. The lowest BCUT2D eigenvalue weighted by molar-refractivity contribution is 0.965. The molecule has 0 aliphatic carbocycles. The van der Waals surface area contributed by atoms with E-state index in [2.05, 4.69) is 21.5 Å². The van der Waals surface area contributed by atoms with Crippen LogP contribution in [-0.2, 0) is 0 Å². The molecule has 0 saturated carbocycles. The Morgan fingerprint density at radius 3 is 2.94 bits per heavy atom. The largest absolute Gasteiger partial charge is 0.323 e. The zero-order valence-electron chi connectivity index (χ0n) is 9.41. The van der Waals surface area contributed by atoms with E-state index >= 15 is 0 Å². The number of benzene rings is 1. The van der Waals surface area contributed by atoms with E-state index in [0.29, 0.717) is 11.5 Å². The van der Waals surface area contributed by atoms with E-state index in [-0.39, 0.29) is 0 Å². The molecule has 86 valence electrons. The fraction of sp³-hybridized carbons (Fsp3) is 0. The number of hydrogen-bond acceptors (Lipinski definition) is 4. The van der Waals surface area contributed by atoms with Crippen LogP contribution in [-0.4, -0.2) is 14.6 Å². The van der Waals surface area contributed by atoms with Crippen LogP contribution in [0.25, 0.3) is 5.65 Å². The van der Waals surface area contributed by atoms with Gasteiger partial charge in [0.2, 0.25) is 5.95 Å². The van der Waals surface area contributed by atoms with Gasteiger partial charge in [0.25, 0.3) is 0 Å². The number of nitrogens with zero attached hydrogens (tertiary/aromatic N) is 4. The molecule has 5 nitrogen and oxygen atoms in total. The first-order chi connectivity index (χ1) is 8.85. The third-order valence-corrected chi connectivity index (χ3v) is 2.49. The summed E-state index contributed by atoms with van der Waals surface area (Å²) in [4.78, 5) is 4.32. The Labute approximate surface area is 103 Å². The summed E-state index contributed by atoms with van der Waals surface area (Å²) in [7, 11) is 0. The smallest absolute Gasteiger partial charge is 0.247 e. The molecular formula is C13H9N5. The van der Waals surface area contributed by atoms with Crippen LogP contribution in [0.3, 0.4) is 0 Å². The number of aromatic nitrogens is 3. The maximum atomic E-state index is 8.83. The first kappa shape index (κ1) is 10.3. The van der Waals surface area contributed by atoms with Crippen LogP contribution in [0.15, 0.2) is 48.7 Å². The van der Waals surface area contributed by atoms with Gasteiger partial charge in [-0.25, -0.2) is 4.52 Å². The van der Waals surface area contributed by atoms with Gasteiger partial charge in [0.1, 0.15) is 0 Å². The highest BCUT2D eigenvalue weighted by molar-refractivity contribution is 5.57. The van der Waals surface area contributed by atoms with E-state index in [1.54, 1.807) is 16.6 Å². The predicted octanol–water partition coefficient (Wildman–Crippen LogP) is 2.34. The second-order valence-electron chi connectivity index (χ2n) is 3.76. The van der Waals surface area contributed by atoms with Gasteiger partial charge < -0.3 is 5.32 Å². The quantitative estimate of drug-likeness (QED) is 0.740. The van der Waals surface area contributed by atoms with Crippen LogP contribution in [0.2, 0.25) is 0 Å². The van der Waals surface area contributed by atoms with Gasteiger partial charge in [-0.15, -0.1) is 5.10 Å². The normalized spacial score (nSPS) is 10.2. The minimum Gasteiger partial charge on any atom is -0.323 e. The number of hydrogen-bond donors (Lipinski definition) is 1. The Morgan fingerprint density at radius 1 is 1.17 bits per heavy atom. The average Bonchev–Trinajstić information content (AvgIpc) is 2.81. The summed E-state index contributed by atoms with van der Waals surface area (Å²) >= 11 is 0. The van der Waals surface area contributed by atoms with Crippen molar-refractivity contribution in [2.45, 2.75) is 0 Å². The molecule has 2 aromatic heterocycles. The second kappa shape index (κ2) is 4.18. The van der Waals surface area contributed by atoms with Crippen LogP contribution in [0, 0.1) is 11.3 Å². The molecule has 0 radical (unpaired) electrons. The highest BCUT2D eigenvalue weighted by atomic mass is 15.3. The summed E-state index contributed by atoms with van der Waals surface area (Å²) in [6, 6.07) is 15.0. The standard InChI is InChI=1S/C13H9N5/c14-9-10-4-3-5-11(8-10)15-13-16-12-6-1-2-7-18(12)17-13/h1-8H,(H,15,17). The van der Waals surface area contributed by atoms with Gasteiger partial charge in [-0.1, -0.05) is 12.1 Å². The topological polar surface area (TPSA) is 66.0 Å². The molecule has 18 heavy (non-hydrogen) atoms. The lowest BCUT2D eigenvalue weighted by Gasteiger charge is -2.00. The van der Waals surface area contributed by atoms with Gasteiger partial charge in [-0.05, 0) is 30.3 Å². The van der Waals surface area contributed by atoms with E-state index < -0.39 is 0 Å². The molecule has 3 rings (SSSR count). The van der Waals surface area contributed by atoms with Crippen molar-refractivity contribution >= 4 is 17.3 Å². The summed E-state index contributed by atoms with van der Waals surface area (Å²) in [6.07, 6.45) is 1.83. The van der Waals surface area contributed by atoms with E-state index in [9.17, 15) is 0 Å². The van der Waals surface area contributed by atoms with Crippen molar-refractivity contribution < 1.29 is 0 Å². The van der Waals surface area contributed by atoms with Crippen LogP contribution >= 0.6 is 0 Å². The van der Waals surface area contributed by atoms with Gasteiger partial charge in [0, 0.05) is 11.9 Å². The Balaban J connectivity index is 1.94. The monoisotopic (exact) mass is 235 g/mol. The summed E-state index contributed by atoms with van der Waals surface area (Å²) in [5.74, 6) is 0.510. The highest BCUT2D eigenvalue weighted by Gasteiger charge is 2.03. The Morgan fingerprint density at radius 2 is 2.11 bits per heavy atom. The third-order valence-electron chi connectivity index (χ3n) is 2.49. The molecular weight excluding hydrogens is 226 g/mol. The molecule has 0 aliphatic heterocycles. The number of nitriles is 1. The SMILES string of the molecule is N#Cc1cccc(Nc2nc3ccccn3n2)c1. The molecule has 0 atom stereocenters. The van der Waals surface area contributed by atoms with Gasteiger partial charge in [0.05, 0.1) is 11.6 Å². The van der Waals surface area contributed by atoms with Crippen LogP contribution in [0.1, 0.15) is 5.56 Å².